The molecule has 5 heteroatoms. The lowest BCUT2D eigenvalue weighted by Crippen LogP contribution is -2.25. The summed E-state index contributed by atoms with van der Waals surface area (Å²) in [4.78, 5) is 23.1. The van der Waals surface area contributed by atoms with Gasteiger partial charge in [0.15, 0.2) is 5.75 Å². The van der Waals surface area contributed by atoms with Gasteiger partial charge >= 0.3 is 5.24 Å². The lowest BCUT2D eigenvalue weighted by molar-refractivity contribution is -0.117. The number of hydrogen-bond acceptors (Lipinski definition) is 3. The van der Waals surface area contributed by atoms with Gasteiger partial charge in [0, 0.05) is 12.0 Å². The zero-order valence-corrected chi connectivity index (χ0v) is 14.7. The molecular weight excluding hydrogens is 334 g/mol. The number of amides is 2. The van der Waals surface area contributed by atoms with Crippen LogP contribution >= 0.6 is 0 Å². The Morgan fingerprint density at radius 1 is 1.08 bits per heavy atom. The van der Waals surface area contributed by atoms with Crippen molar-refractivity contribution >= 4 is 22.0 Å². The molecular formula is C20H20NO3S+. The molecule has 1 N–H and O–H groups in total. The highest BCUT2D eigenvalue weighted by atomic mass is 32.2. The van der Waals surface area contributed by atoms with E-state index in [1.807, 2.05) is 18.2 Å². The average Bonchev–Trinajstić information content (AvgIpc) is 2.93. The minimum atomic E-state index is -0.528. The Morgan fingerprint density at radius 2 is 1.92 bits per heavy atom. The molecule has 1 saturated heterocycles. The molecule has 0 spiro atoms. The van der Waals surface area contributed by atoms with Crippen molar-refractivity contribution in [3.8, 4) is 5.75 Å². The Kier molecular flexibility index (Phi) is 4.49. The molecule has 2 heterocycles. The van der Waals surface area contributed by atoms with Gasteiger partial charge in [-0.2, -0.15) is 0 Å². The first-order chi connectivity index (χ1) is 12.2. The van der Waals surface area contributed by atoms with Crippen LogP contribution in [0.15, 0.2) is 48.5 Å². The first kappa shape index (κ1) is 16.2. The van der Waals surface area contributed by atoms with E-state index in [0.29, 0.717) is 11.5 Å². The third-order valence-corrected chi connectivity index (χ3v) is 6.53. The highest BCUT2D eigenvalue weighted by molar-refractivity contribution is 8.11. The summed E-state index contributed by atoms with van der Waals surface area (Å²) in [6.45, 7) is 0. The Hall–Kier alpha value is -2.27. The predicted octanol–water partition coefficient (Wildman–Crippen LogP) is 2.99. The summed E-state index contributed by atoms with van der Waals surface area (Å²) in [5, 5.41) is 2.26. The molecule has 2 aliphatic heterocycles. The predicted molar refractivity (Wildman–Crippen MR) is 98.8 cm³/mol. The van der Waals surface area contributed by atoms with E-state index in [9.17, 15) is 9.59 Å². The monoisotopic (exact) mass is 354 g/mol. The van der Waals surface area contributed by atoms with Gasteiger partial charge in [-0.3, -0.25) is 4.79 Å². The van der Waals surface area contributed by atoms with E-state index >= 15 is 0 Å². The van der Waals surface area contributed by atoms with E-state index in [1.54, 1.807) is 0 Å². The van der Waals surface area contributed by atoms with Crippen molar-refractivity contribution < 1.29 is 14.3 Å². The summed E-state index contributed by atoms with van der Waals surface area (Å²) >= 11 is 0. The number of carbonyl (C=O) groups is 2. The smallest absolute Gasteiger partial charge is 0.436 e. The molecule has 2 amide bonds. The van der Waals surface area contributed by atoms with E-state index < -0.39 is 10.9 Å². The van der Waals surface area contributed by atoms with Gasteiger partial charge in [-0.25, -0.2) is 10.1 Å². The molecule has 2 aromatic carbocycles. The summed E-state index contributed by atoms with van der Waals surface area (Å²) in [7, 11) is -0.528. The maximum Gasteiger partial charge on any atom is 0.436 e. The fourth-order valence-corrected chi connectivity index (χ4v) is 4.97. The maximum absolute atomic E-state index is 11.8. The maximum atomic E-state index is 11.8. The number of imide groups is 1. The Labute approximate surface area is 149 Å². The number of ether oxygens (including phenoxy) is 1. The molecule has 128 valence electrons. The van der Waals surface area contributed by atoms with E-state index in [1.165, 1.54) is 11.1 Å². The molecule has 4 nitrogen and oxygen atoms in total. The van der Waals surface area contributed by atoms with Crippen LogP contribution in [0.25, 0.3) is 0 Å². The largest absolute Gasteiger partial charge is 0.490 e. The highest BCUT2D eigenvalue weighted by Crippen LogP contribution is 2.30. The third-order valence-electron chi connectivity index (χ3n) is 4.61. The molecule has 2 unspecified atom stereocenters. The second-order valence-corrected chi connectivity index (χ2v) is 8.46. The molecule has 0 bridgehead atoms. The topological polar surface area (TPSA) is 55.4 Å². The van der Waals surface area contributed by atoms with Crippen LogP contribution in [0.1, 0.15) is 23.1 Å². The molecule has 2 aromatic rings. The first-order valence-electron chi connectivity index (χ1n) is 8.51. The van der Waals surface area contributed by atoms with Gasteiger partial charge < -0.3 is 4.74 Å². The first-order valence-corrected chi connectivity index (χ1v) is 10.1. The quantitative estimate of drug-likeness (QED) is 0.859. The van der Waals surface area contributed by atoms with E-state index in [4.69, 9.17) is 4.74 Å². The zero-order chi connectivity index (χ0) is 17.2. The van der Waals surface area contributed by atoms with Crippen molar-refractivity contribution in [1.82, 2.24) is 5.32 Å². The average molecular weight is 354 g/mol. The number of nitrogens with one attached hydrogen (secondary N) is 1. The minimum absolute atomic E-state index is 0.123. The number of hydrogen-bond donors (Lipinski definition) is 1. The summed E-state index contributed by atoms with van der Waals surface area (Å²) in [6.07, 6.45) is 3.12. The van der Waals surface area contributed by atoms with E-state index in [0.717, 1.165) is 30.6 Å². The second-order valence-electron chi connectivity index (χ2n) is 6.53. The molecule has 25 heavy (non-hydrogen) atoms. The van der Waals surface area contributed by atoms with Gasteiger partial charge in [0.1, 0.15) is 17.6 Å². The number of benzene rings is 2. The van der Waals surface area contributed by atoms with Gasteiger partial charge in [0.2, 0.25) is 0 Å². The van der Waals surface area contributed by atoms with Crippen molar-refractivity contribution in [3.63, 3.8) is 0 Å². The lowest BCUT2D eigenvalue weighted by Gasteiger charge is -2.26. The molecule has 2 aliphatic rings. The molecule has 2 atom stereocenters. The molecule has 1 fully saturated rings. The van der Waals surface area contributed by atoms with Crippen molar-refractivity contribution in [2.24, 2.45) is 0 Å². The fourth-order valence-electron chi connectivity index (χ4n) is 3.37. The number of fused-ring (bicyclic) bond motifs is 1. The van der Waals surface area contributed by atoms with Gasteiger partial charge in [0.05, 0.1) is 10.9 Å². The fraction of sp³-hybridized carbons (Fsp3) is 0.300. The van der Waals surface area contributed by atoms with Crippen LogP contribution in [0.4, 0.5) is 4.79 Å². The standard InChI is InChI=1S/C20H19NO3S/c22-19-13-25(20(23)21-19)12-15-6-9-18-16(10-15)7-8-17(24-18)11-14-4-2-1-3-5-14/h1-6,9-10,17H,7-8,11-13H2/p+1. The van der Waals surface area contributed by atoms with Crippen molar-refractivity contribution in [2.75, 3.05) is 5.75 Å². The van der Waals surface area contributed by atoms with E-state index in [-0.39, 0.29) is 17.3 Å². The Bertz CT molecular complexity index is 806. The summed E-state index contributed by atoms with van der Waals surface area (Å²) in [5.74, 6) is 1.76. The second kappa shape index (κ2) is 6.92. The van der Waals surface area contributed by atoms with Crippen LogP contribution in [0.3, 0.4) is 0 Å². The van der Waals surface area contributed by atoms with E-state index in [2.05, 4.69) is 35.6 Å². The van der Waals surface area contributed by atoms with Crippen LogP contribution in [-0.4, -0.2) is 23.0 Å². The Balaban J connectivity index is 1.42. The van der Waals surface area contributed by atoms with Crippen LogP contribution in [0.2, 0.25) is 0 Å². The number of rotatable bonds is 4. The van der Waals surface area contributed by atoms with Gasteiger partial charge in [0.25, 0.3) is 5.91 Å². The van der Waals surface area contributed by atoms with Crippen LogP contribution in [-0.2, 0) is 34.3 Å². The molecule has 0 aromatic heterocycles. The Morgan fingerprint density at radius 3 is 2.68 bits per heavy atom. The van der Waals surface area contributed by atoms with Crippen LogP contribution in [0, 0.1) is 0 Å². The van der Waals surface area contributed by atoms with Gasteiger partial charge in [-0.1, -0.05) is 36.4 Å². The number of aryl methyl sites for hydroxylation is 1. The third kappa shape index (κ3) is 3.71. The highest BCUT2D eigenvalue weighted by Gasteiger charge is 2.41. The minimum Gasteiger partial charge on any atom is -0.490 e. The van der Waals surface area contributed by atoms with Crippen molar-refractivity contribution in [2.45, 2.75) is 31.1 Å². The van der Waals surface area contributed by atoms with Crippen molar-refractivity contribution in [3.05, 3.63) is 65.2 Å². The molecule has 4 rings (SSSR count). The molecule has 0 saturated carbocycles. The van der Waals surface area contributed by atoms with Crippen LogP contribution in [0.5, 0.6) is 5.75 Å². The lowest BCUT2D eigenvalue weighted by atomic mass is 9.96. The van der Waals surface area contributed by atoms with Gasteiger partial charge in [-0.05, 0) is 36.1 Å². The van der Waals surface area contributed by atoms with Crippen molar-refractivity contribution in [1.29, 1.82) is 0 Å². The summed E-state index contributed by atoms with van der Waals surface area (Å²) in [6, 6.07) is 16.6. The normalized spacial score (nSPS) is 22.2. The molecule has 0 aliphatic carbocycles. The number of carbonyl (C=O) groups excluding carboxylic acids is 2. The van der Waals surface area contributed by atoms with Crippen LogP contribution < -0.4 is 10.1 Å². The summed E-state index contributed by atoms with van der Waals surface area (Å²) < 4.78 is 6.17. The van der Waals surface area contributed by atoms with Gasteiger partial charge in [-0.15, -0.1) is 0 Å². The SMILES string of the molecule is O=C1C[S+](Cc2ccc3c(c2)CCC(Cc2ccccc2)O3)C(=O)N1. The zero-order valence-electron chi connectivity index (χ0n) is 13.9. The molecule has 0 radical (unpaired) electrons. The summed E-state index contributed by atoms with van der Waals surface area (Å²) in [5.41, 5.74) is 3.61.